The normalized spacial score (nSPS) is 12.1. The van der Waals surface area contributed by atoms with Gasteiger partial charge < -0.3 is 14.2 Å². The average Bonchev–Trinajstić information content (AvgIpc) is 3.32. The van der Waals surface area contributed by atoms with E-state index in [2.05, 4.69) is 4.98 Å². The number of aromatic nitrogens is 2. The van der Waals surface area contributed by atoms with Crippen LogP contribution in [0.25, 0.3) is 0 Å². The van der Waals surface area contributed by atoms with Crippen LogP contribution in [0.1, 0.15) is 20.1 Å². The molecule has 0 radical (unpaired) electrons. The van der Waals surface area contributed by atoms with Crippen molar-refractivity contribution in [2.24, 2.45) is 5.41 Å². The summed E-state index contributed by atoms with van der Waals surface area (Å²) >= 11 is 11.4. The molecule has 1 heterocycles. The fraction of sp³-hybridized carbons (Fsp3) is 0.261. The van der Waals surface area contributed by atoms with Gasteiger partial charge in [-0.3, -0.25) is 14.2 Å². The van der Waals surface area contributed by atoms with Gasteiger partial charge in [0.1, 0.15) is 29.7 Å². The molecule has 0 fully saturated rings. The Kier molecular flexibility index (Phi) is 7.77. The number of hydrogen-bond donors (Lipinski definition) is 0. The second-order valence-electron chi connectivity index (χ2n) is 7.55. The number of carbonyl (C=O) groups is 2. The van der Waals surface area contributed by atoms with Crippen LogP contribution in [-0.2, 0) is 14.3 Å². The number of carbonyl (C=O) groups excluding carboxylic acids is 2. The molecule has 168 valence electrons. The molecule has 0 saturated carbocycles. The molecule has 7 nitrogen and oxygen atoms in total. The van der Waals surface area contributed by atoms with Crippen LogP contribution in [0, 0.1) is 5.41 Å². The fourth-order valence-electron chi connectivity index (χ4n) is 2.72. The highest BCUT2D eigenvalue weighted by Gasteiger charge is 2.37. The van der Waals surface area contributed by atoms with Crippen LogP contribution in [0.3, 0.4) is 0 Å². The smallest absolute Gasteiger partial charge is 0.320 e. The Morgan fingerprint density at radius 2 is 1.62 bits per heavy atom. The maximum atomic E-state index is 13.3. The summed E-state index contributed by atoms with van der Waals surface area (Å²) in [6.07, 6.45) is 3.65. The van der Waals surface area contributed by atoms with Gasteiger partial charge in [-0.15, -0.1) is 11.6 Å². The number of ketones is 1. The minimum atomic E-state index is -1.02. The largest absolute Gasteiger partial charge is 0.464 e. The molecule has 1 aromatic heterocycles. The zero-order valence-electron chi connectivity index (χ0n) is 17.5. The molecular formula is C23H22Cl2N2O5. The second kappa shape index (κ2) is 10.5. The lowest BCUT2D eigenvalue weighted by Gasteiger charge is -2.28. The number of esters is 1. The Bertz CT molecular complexity index is 1040. The topological polar surface area (TPSA) is 79.7 Å². The Hall–Kier alpha value is -3.03. The molecule has 0 aliphatic rings. The molecule has 0 N–H and O–H groups in total. The average molecular weight is 477 g/mol. The summed E-state index contributed by atoms with van der Waals surface area (Å²) in [5.41, 5.74) is -1.02. The van der Waals surface area contributed by atoms with Crippen LogP contribution >= 0.6 is 23.2 Å². The maximum absolute atomic E-state index is 13.3. The summed E-state index contributed by atoms with van der Waals surface area (Å²) in [5, 5.41) is 0.622. The van der Waals surface area contributed by atoms with E-state index in [1.54, 1.807) is 79.3 Å². The number of rotatable bonds is 10. The van der Waals surface area contributed by atoms with Crippen molar-refractivity contribution in [1.29, 1.82) is 0 Å². The van der Waals surface area contributed by atoms with Crippen molar-refractivity contribution in [3.05, 3.63) is 72.3 Å². The lowest BCUT2D eigenvalue weighted by atomic mass is 9.88. The van der Waals surface area contributed by atoms with Crippen molar-refractivity contribution >= 4 is 35.0 Å². The minimum absolute atomic E-state index is 0.125. The molecule has 0 aliphatic carbocycles. The predicted octanol–water partition coefficient (Wildman–Crippen LogP) is 5.28. The summed E-state index contributed by atoms with van der Waals surface area (Å²) in [4.78, 5) is 28.7. The number of imidazole rings is 1. The van der Waals surface area contributed by atoms with E-state index < -0.39 is 17.6 Å². The predicted molar refractivity (Wildman–Crippen MR) is 120 cm³/mol. The number of nitrogens with zero attached hydrogens (tertiary/aromatic N) is 2. The van der Waals surface area contributed by atoms with Gasteiger partial charge in [-0.25, -0.2) is 4.98 Å². The molecular weight excluding hydrogens is 455 g/mol. The van der Waals surface area contributed by atoms with Crippen molar-refractivity contribution in [3.8, 4) is 17.2 Å². The van der Waals surface area contributed by atoms with Gasteiger partial charge in [0.2, 0.25) is 12.0 Å². The first-order valence-corrected chi connectivity index (χ1v) is 10.6. The number of Topliss-reactive ketones (excluding diaryl/α,β-unsaturated/α-hetero) is 1. The molecule has 0 bridgehead atoms. The zero-order chi connectivity index (χ0) is 23.1. The first-order valence-electron chi connectivity index (χ1n) is 9.72. The van der Waals surface area contributed by atoms with Gasteiger partial charge in [-0.2, -0.15) is 0 Å². The monoisotopic (exact) mass is 476 g/mol. The molecule has 3 aromatic rings. The van der Waals surface area contributed by atoms with Crippen LogP contribution < -0.4 is 9.47 Å². The van der Waals surface area contributed by atoms with Gasteiger partial charge in [-0.1, -0.05) is 11.6 Å². The highest BCUT2D eigenvalue weighted by molar-refractivity contribution is 6.30. The summed E-state index contributed by atoms with van der Waals surface area (Å²) in [6.45, 7) is 3.22. The molecule has 1 atom stereocenters. The Morgan fingerprint density at radius 3 is 2.19 bits per heavy atom. The van der Waals surface area contributed by atoms with E-state index in [0.717, 1.165) is 0 Å². The molecule has 0 aliphatic heterocycles. The van der Waals surface area contributed by atoms with Gasteiger partial charge in [0, 0.05) is 17.4 Å². The lowest BCUT2D eigenvalue weighted by Crippen LogP contribution is -2.39. The van der Waals surface area contributed by atoms with E-state index in [0.29, 0.717) is 22.3 Å². The van der Waals surface area contributed by atoms with Gasteiger partial charge in [-0.05, 0) is 62.4 Å². The number of halogens is 2. The van der Waals surface area contributed by atoms with E-state index in [9.17, 15) is 9.59 Å². The summed E-state index contributed by atoms with van der Waals surface area (Å²) in [5.74, 6) is 0.523. The SMILES string of the molecule is CC(C)(COC(=O)CCl)C(=O)C(Oc1ccc(Oc2ccc(Cl)cc2)cc1)n1ccnc1. The van der Waals surface area contributed by atoms with Crippen LogP contribution in [0.4, 0.5) is 0 Å². The zero-order valence-corrected chi connectivity index (χ0v) is 19.0. The van der Waals surface area contributed by atoms with Gasteiger partial charge in [0.15, 0.2) is 0 Å². The molecule has 3 rings (SSSR count). The quantitative estimate of drug-likeness (QED) is 0.292. The van der Waals surface area contributed by atoms with Crippen LogP contribution in [-0.4, -0.2) is 33.8 Å². The molecule has 0 saturated heterocycles. The van der Waals surface area contributed by atoms with Gasteiger partial charge in [0.25, 0.3) is 0 Å². The maximum Gasteiger partial charge on any atom is 0.320 e. The summed E-state index contributed by atoms with van der Waals surface area (Å²) in [6, 6.07) is 13.9. The lowest BCUT2D eigenvalue weighted by molar-refractivity contribution is -0.150. The molecule has 1 unspecified atom stereocenters. The third-order valence-corrected chi connectivity index (χ3v) is 4.98. The first-order chi connectivity index (χ1) is 15.3. The van der Waals surface area contributed by atoms with Crippen molar-refractivity contribution in [3.63, 3.8) is 0 Å². The molecule has 2 aromatic carbocycles. The number of alkyl halides is 1. The molecule has 0 amide bonds. The Morgan fingerprint density at radius 1 is 1.03 bits per heavy atom. The highest BCUT2D eigenvalue weighted by atomic mass is 35.5. The molecule has 0 spiro atoms. The summed E-state index contributed by atoms with van der Waals surface area (Å²) in [7, 11) is 0. The minimum Gasteiger partial charge on any atom is -0.464 e. The van der Waals surface area contributed by atoms with Gasteiger partial charge >= 0.3 is 5.97 Å². The van der Waals surface area contributed by atoms with Crippen molar-refractivity contribution in [2.75, 3.05) is 12.5 Å². The Balaban J connectivity index is 1.73. The first kappa shape index (κ1) is 23.6. The van der Waals surface area contributed by atoms with Gasteiger partial charge in [0.05, 0.1) is 11.7 Å². The fourth-order valence-corrected chi connectivity index (χ4v) is 2.92. The van der Waals surface area contributed by atoms with Crippen molar-refractivity contribution in [1.82, 2.24) is 9.55 Å². The van der Waals surface area contributed by atoms with E-state index in [4.69, 9.17) is 37.4 Å². The Labute approximate surface area is 195 Å². The highest BCUT2D eigenvalue weighted by Crippen LogP contribution is 2.30. The third kappa shape index (κ3) is 6.24. The van der Waals surface area contributed by atoms with Crippen LogP contribution in [0.2, 0.25) is 5.02 Å². The number of ether oxygens (including phenoxy) is 3. The summed E-state index contributed by atoms with van der Waals surface area (Å²) < 4.78 is 18.4. The van der Waals surface area contributed by atoms with Crippen molar-refractivity contribution < 1.29 is 23.8 Å². The number of hydrogen-bond acceptors (Lipinski definition) is 6. The van der Waals surface area contributed by atoms with E-state index in [-0.39, 0.29) is 18.3 Å². The van der Waals surface area contributed by atoms with E-state index in [1.807, 2.05) is 0 Å². The van der Waals surface area contributed by atoms with Crippen LogP contribution in [0.15, 0.2) is 67.3 Å². The van der Waals surface area contributed by atoms with Crippen molar-refractivity contribution in [2.45, 2.75) is 20.1 Å². The third-order valence-electron chi connectivity index (χ3n) is 4.51. The standard InChI is InChI=1S/C23H22Cl2N2O5/c1-23(2,14-30-20(28)13-24)21(29)22(27-12-11-26-15-27)32-19-9-7-18(8-10-19)31-17-5-3-16(25)4-6-17/h3-12,15,22H,13-14H2,1-2H3. The molecule has 9 heteroatoms. The van der Waals surface area contributed by atoms with E-state index >= 15 is 0 Å². The number of benzene rings is 2. The molecule has 32 heavy (non-hydrogen) atoms. The van der Waals surface area contributed by atoms with E-state index in [1.165, 1.54) is 6.33 Å². The van der Waals surface area contributed by atoms with Crippen LogP contribution in [0.5, 0.6) is 17.2 Å². The second-order valence-corrected chi connectivity index (χ2v) is 8.25.